The van der Waals surface area contributed by atoms with Crippen LogP contribution in [0.4, 0.5) is 0 Å². The molecule has 0 spiro atoms. The molecule has 0 aliphatic carbocycles. The average Bonchev–Trinajstić information content (AvgIpc) is 2.37. The molecule has 0 radical (unpaired) electrons. The van der Waals surface area contributed by atoms with Gasteiger partial charge in [-0.15, -0.1) is 0 Å². The first-order valence-electron chi connectivity index (χ1n) is 7.74. The van der Waals surface area contributed by atoms with Crippen molar-refractivity contribution < 1.29 is 19.1 Å². The van der Waals surface area contributed by atoms with Crippen LogP contribution in [-0.2, 0) is 19.1 Å². The van der Waals surface area contributed by atoms with Gasteiger partial charge in [0.05, 0.1) is 19.7 Å². The fourth-order valence-electron chi connectivity index (χ4n) is 1.61. The van der Waals surface area contributed by atoms with Gasteiger partial charge in [0.1, 0.15) is 12.4 Å². The number of carbonyl (C=O) groups is 3. The van der Waals surface area contributed by atoms with Crippen molar-refractivity contribution in [2.45, 2.75) is 40.7 Å². The molecule has 1 N–H and O–H groups in total. The number of carbonyl (C=O) groups excluding carboxylic acids is 3. The normalized spacial score (nSPS) is 12.8. The zero-order valence-corrected chi connectivity index (χ0v) is 14.6. The van der Waals surface area contributed by atoms with Crippen LogP contribution >= 0.6 is 0 Å². The molecule has 0 saturated carbocycles. The highest BCUT2D eigenvalue weighted by Crippen LogP contribution is 1.97. The van der Waals surface area contributed by atoms with Crippen LogP contribution in [0.2, 0.25) is 0 Å². The summed E-state index contributed by atoms with van der Waals surface area (Å²) in [5, 5.41) is 2.79. The van der Waals surface area contributed by atoms with Gasteiger partial charge in [0.15, 0.2) is 5.78 Å². The number of ether oxygens (including phenoxy) is 1. The van der Waals surface area contributed by atoms with Crippen LogP contribution in [0.5, 0.6) is 0 Å². The van der Waals surface area contributed by atoms with Gasteiger partial charge in [-0.2, -0.15) is 0 Å². The predicted octanol–water partition coefficient (Wildman–Crippen LogP) is 0.890. The van der Waals surface area contributed by atoms with Crippen LogP contribution in [0.3, 0.4) is 0 Å². The van der Waals surface area contributed by atoms with E-state index in [0.717, 1.165) is 0 Å². The molecular formula is C16H30N2O4. The number of hydrogen-bond donors (Lipinski definition) is 1. The van der Waals surface area contributed by atoms with Crippen molar-refractivity contribution >= 4 is 17.5 Å². The van der Waals surface area contributed by atoms with E-state index in [1.807, 2.05) is 34.6 Å². The third kappa shape index (κ3) is 9.63. The minimum Gasteiger partial charge on any atom is -0.372 e. The summed E-state index contributed by atoms with van der Waals surface area (Å²) in [5.41, 5.74) is 0. The largest absolute Gasteiger partial charge is 0.372 e. The van der Waals surface area contributed by atoms with Gasteiger partial charge in [0, 0.05) is 17.9 Å². The van der Waals surface area contributed by atoms with E-state index in [-0.39, 0.29) is 55.0 Å². The molecule has 0 saturated heterocycles. The molecule has 6 nitrogen and oxygen atoms in total. The highest BCUT2D eigenvalue weighted by molar-refractivity contribution is 5.83. The van der Waals surface area contributed by atoms with E-state index in [0.29, 0.717) is 6.61 Å². The van der Waals surface area contributed by atoms with Crippen molar-refractivity contribution in [3.63, 3.8) is 0 Å². The molecule has 1 atom stereocenters. The predicted molar refractivity (Wildman–Crippen MR) is 85.6 cm³/mol. The standard InChI is InChI=1S/C16H30N2O4/c1-11(2)14(19)7-18(6)8-16(21)17-13(5)9-22-10-15(20)12(3)4/h11-13H,7-10H2,1-6H3,(H,17,21). The quantitative estimate of drug-likeness (QED) is 0.613. The Morgan fingerprint density at radius 2 is 1.50 bits per heavy atom. The number of nitrogens with one attached hydrogen (secondary N) is 1. The number of ketones is 2. The molecule has 0 aromatic carbocycles. The molecule has 128 valence electrons. The molecule has 0 aliphatic rings. The van der Waals surface area contributed by atoms with Gasteiger partial charge in [-0.25, -0.2) is 0 Å². The smallest absolute Gasteiger partial charge is 0.234 e. The van der Waals surface area contributed by atoms with Gasteiger partial charge < -0.3 is 10.1 Å². The lowest BCUT2D eigenvalue weighted by Gasteiger charge is -2.19. The molecular weight excluding hydrogens is 284 g/mol. The lowest BCUT2D eigenvalue weighted by molar-refractivity contribution is -0.127. The van der Waals surface area contributed by atoms with Crippen LogP contribution < -0.4 is 5.32 Å². The fourth-order valence-corrected chi connectivity index (χ4v) is 1.61. The summed E-state index contributed by atoms with van der Waals surface area (Å²) in [4.78, 5) is 36.5. The molecule has 0 aromatic rings. The second-order valence-electron chi connectivity index (χ2n) is 6.40. The lowest BCUT2D eigenvalue weighted by Crippen LogP contribution is -2.43. The summed E-state index contributed by atoms with van der Waals surface area (Å²) >= 11 is 0. The zero-order valence-electron chi connectivity index (χ0n) is 14.6. The van der Waals surface area contributed by atoms with Gasteiger partial charge >= 0.3 is 0 Å². The molecule has 6 heteroatoms. The summed E-state index contributed by atoms with van der Waals surface area (Å²) in [7, 11) is 1.74. The summed E-state index contributed by atoms with van der Waals surface area (Å²) in [6.07, 6.45) is 0. The van der Waals surface area contributed by atoms with Crippen LogP contribution in [0, 0.1) is 11.8 Å². The first-order valence-corrected chi connectivity index (χ1v) is 7.74. The topological polar surface area (TPSA) is 75.7 Å². The zero-order chi connectivity index (χ0) is 17.3. The summed E-state index contributed by atoms with van der Waals surface area (Å²) in [6, 6.07) is -0.179. The first kappa shape index (κ1) is 20.7. The minimum atomic E-state index is -0.179. The van der Waals surface area contributed by atoms with Crippen LogP contribution in [-0.4, -0.2) is 61.8 Å². The Morgan fingerprint density at radius 3 is 2.00 bits per heavy atom. The fraction of sp³-hybridized carbons (Fsp3) is 0.812. The maximum Gasteiger partial charge on any atom is 0.234 e. The number of nitrogens with zero attached hydrogens (tertiary/aromatic N) is 1. The lowest BCUT2D eigenvalue weighted by atomic mass is 10.1. The van der Waals surface area contributed by atoms with Gasteiger partial charge in [-0.3, -0.25) is 19.3 Å². The van der Waals surface area contributed by atoms with E-state index in [9.17, 15) is 14.4 Å². The Morgan fingerprint density at radius 1 is 0.955 bits per heavy atom. The number of Topliss-reactive ketones (excluding diaryl/α,β-unsaturated/α-hetero) is 2. The summed E-state index contributed by atoms with van der Waals surface area (Å²) < 4.78 is 5.29. The third-order valence-corrected chi connectivity index (χ3v) is 3.15. The van der Waals surface area contributed by atoms with E-state index in [2.05, 4.69) is 5.32 Å². The molecule has 0 aromatic heterocycles. The SMILES string of the molecule is CC(COCC(=O)C(C)C)NC(=O)CN(C)CC(=O)C(C)C. The van der Waals surface area contributed by atoms with E-state index < -0.39 is 0 Å². The maximum atomic E-state index is 11.8. The molecule has 0 heterocycles. The average molecular weight is 314 g/mol. The summed E-state index contributed by atoms with van der Waals surface area (Å²) in [5.74, 6) is -0.0805. The molecule has 0 bridgehead atoms. The van der Waals surface area contributed by atoms with Crippen molar-refractivity contribution in [2.75, 3.05) is 33.4 Å². The van der Waals surface area contributed by atoms with E-state index in [1.54, 1.807) is 11.9 Å². The van der Waals surface area contributed by atoms with E-state index in [1.165, 1.54) is 0 Å². The molecule has 1 unspecified atom stereocenters. The number of rotatable bonds is 11. The Hall–Kier alpha value is -1.27. The maximum absolute atomic E-state index is 11.8. The molecule has 1 amide bonds. The van der Waals surface area contributed by atoms with Crippen molar-refractivity contribution in [1.82, 2.24) is 10.2 Å². The van der Waals surface area contributed by atoms with Crippen LogP contribution in [0.1, 0.15) is 34.6 Å². The van der Waals surface area contributed by atoms with Crippen molar-refractivity contribution in [2.24, 2.45) is 11.8 Å². The Bertz CT molecular complexity index is 380. The van der Waals surface area contributed by atoms with Crippen molar-refractivity contribution in [3.05, 3.63) is 0 Å². The number of likely N-dealkylation sites (N-methyl/N-ethyl adjacent to an activating group) is 1. The van der Waals surface area contributed by atoms with E-state index >= 15 is 0 Å². The monoisotopic (exact) mass is 314 g/mol. The summed E-state index contributed by atoms with van der Waals surface area (Å²) in [6.45, 7) is 9.93. The molecule has 22 heavy (non-hydrogen) atoms. The van der Waals surface area contributed by atoms with Gasteiger partial charge in [-0.05, 0) is 14.0 Å². The van der Waals surface area contributed by atoms with Gasteiger partial charge in [-0.1, -0.05) is 27.7 Å². The Labute approximate surface area is 133 Å². The molecule has 0 rings (SSSR count). The van der Waals surface area contributed by atoms with Crippen molar-refractivity contribution in [1.29, 1.82) is 0 Å². The molecule has 0 fully saturated rings. The number of amides is 1. The van der Waals surface area contributed by atoms with Crippen LogP contribution in [0.25, 0.3) is 0 Å². The van der Waals surface area contributed by atoms with E-state index in [4.69, 9.17) is 4.74 Å². The van der Waals surface area contributed by atoms with Gasteiger partial charge in [0.25, 0.3) is 0 Å². The van der Waals surface area contributed by atoms with Crippen molar-refractivity contribution in [3.8, 4) is 0 Å². The third-order valence-electron chi connectivity index (χ3n) is 3.15. The van der Waals surface area contributed by atoms with Crippen LogP contribution in [0.15, 0.2) is 0 Å². The van der Waals surface area contributed by atoms with Gasteiger partial charge in [0.2, 0.25) is 5.91 Å². The minimum absolute atomic E-state index is 0.0312. The second-order valence-corrected chi connectivity index (χ2v) is 6.40. The highest BCUT2D eigenvalue weighted by atomic mass is 16.5. The Balaban J connectivity index is 3.95. The second kappa shape index (κ2) is 10.5. The first-order chi connectivity index (χ1) is 10.1. The molecule has 0 aliphatic heterocycles. The highest BCUT2D eigenvalue weighted by Gasteiger charge is 2.15. The Kier molecular flexibility index (Phi) is 9.85. The number of hydrogen-bond acceptors (Lipinski definition) is 5.